The van der Waals surface area contributed by atoms with Gasteiger partial charge in [0.25, 0.3) is 0 Å². The van der Waals surface area contributed by atoms with E-state index in [4.69, 9.17) is 15.2 Å². The molecule has 0 saturated heterocycles. The van der Waals surface area contributed by atoms with Gasteiger partial charge in [-0.25, -0.2) is 4.98 Å². The maximum absolute atomic E-state index is 5.47. The lowest BCUT2D eigenvalue weighted by atomic mass is 10.2. The van der Waals surface area contributed by atoms with Crippen molar-refractivity contribution in [1.82, 2.24) is 4.98 Å². The number of hydrogen-bond acceptors (Lipinski definition) is 5. The molecular formula is C11H20N2O2S. The van der Waals surface area contributed by atoms with E-state index < -0.39 is 0 Å². The van der Waals surface area contributed by atoms with Crippen LogP contribution >= 0.6 is 11.3 Å². The Hall–Kier alpha value is -0.490. The lowest BCUT2D eigenvalue weighted by Crippen LogP contribution is -2.08. The second-order valence-electron chi connectivity index (χ2n) is 3.96. The van der Waals surface area contributed by atoms with Gasteiger partial charge in [-0.1, -0.05) is 13.8 Å². The summed E-state index contributed by atoms with van der Waals surface area (Å²) in [5.41, 5.74) is 6.43. The fraction of sp³-hybridized carbons (Fsp3) is 0.727. The molecule has 1 rings (SSSR count). The predicted molar refractivity (Wildman–Crippen MR) is 65.3 cm³/mol. The van der Waals surface area contributed by atoms with Crippen molar-refractivity contribution in [3.63, 3.8) is 0 Å². The molecule has 0 unspecified atom stereocenters. The molecule has 16 heavy (non-hydrogen) atoms. The van der Waals surface area contributed by atoms with Crippen LogP contribution in [0, 0.1) is 5.92 Å². The molecule has 0 bridgehead atoms. The summed E-state index contributed by atoms with van der Waals surface area (Å²) in [5, 5.41) is 2.94. The standard InChI is InChI=1S/C11H20N2O2S/c1-9(2)6-14-3-4-15-7-10-8-16-11(5-12)13-10/h8-9H,3-7,12H2,1-2H3. The Morgan fingerprint density at radius 2 is 2.12 bits per heavy atom. The number of aromatic nitrogens is 1. The Morgan fingerprint density at radius 1 is 1.38 bits per heavy atom. The summed E-state index contributed by atoms with van der Waals surface area (Å²) in [7, 11) is 0. The summed E-state index contributed by atoms with van der Waals surface area (Å²) in [6.45, 7) is 7.35. The summed E-state index contributed by atoms with van der Waals surface area (Å²) in [5.74, 6) is 0.575. The van der Waals surface area contributed by atoms with Gasteiger partial charge in [-0.15, -0.1) is 11.3 Å². The molecule has 1 aromatic rings. The van der Waals surface area contributed by atoms with Crippen molar-refractivity contribution in [2.75, 3.05) is 19.8 Å². The SMILES string of the molecule is CC(C)COCCOCc1csc(CN)n1. The van der Waals surface area contributed by atoms with E-state index in [9.17, 15) is 0 Å². The molecule has 0 fully saturated rings. The lowest BCUT2D eigenvalue weighted by Gasteiger charge is -2.06. The largest absolute Gasteiger partial charge is 0.379 e. The molecule has 0 radical (unpaired) electrons. The first-order chi connectivity index (χ1) is 7.72. The average molecular weight is 244 g/mol. The first kappa shape index (κ1) is 13.6. The van der Waals surface area contributed by atoms with Crippen LogP contribution in [-0.4, -0.2) is 24.8 Å². The van der Waals surface area contributed by atoms with Crippen LogP contribution in [0.3, 0.4) is 0 Å². The number of rotatable bonds is 8. The Kier molecular flexibility index (Phi) is 6.56. The second kappa shape index (κ2) is 7.73. The van der Waals surface area contributed by atoms with Crippen LogP contribution in [0.2, 0.25) is 0 Å². The fourth-order valence-electron chi connectivity index (χ4n) is 1.12. The van der Waals surface area contributed by atoms with Crippen molar-refractivity contribution >= 4 is 11.3 Å². The highest BCUT2D eigenvalue weighted by molar-refractivity contribution is 7.09. The minimum Gasteiger partial charge on any atom is -0.379 e. The molecule has 4 nitrogen and oxygen atoms in total. The molecule has 2 N–H and O–H groups in total. The number of nitrogens with two attached hydrogens (primary N) is 1. The van der Waals surface area contributed by atoms with Crippen molar-refractivity contribution < 1.29 is 9.47 Å². The van der Waals surface area contributed by atoms with Gasteiger partial charge in [0.05, 0.1) is 25.5 Å². The van der Waals surface area contributed by atoms with Gasteiger partial charge in [-0.05, 0) is 5.92 Å². The second-order valence-corrected chi connectivity index (χ2v) is 4.90. The van der Waals surface area contributed by atoms with E-state index in [1.165, 1.54) is 0 Å². The summed E-state index contributed by atoms with van der Waals surface area (Å²) >= 11 is 1.57. The van der Waals surface area contributed by atoms with Crippen molar-refractivity contribution in [2.45, 2.75) is 27.0 Å². The van der Waals surface area contributed by atoms with E-state index in [0.29, 0.717) is 32.3 Å². The minimum absolute atomic E-state index is 0.502. The zero-order valence-electron chi connectivity index (χ0n) is 9.94. The summed E-state index contributed by atoms with van der Waals surface area (Å²) in [4.78, 5) is 4.30. The molecule has 0 aliphatic rings. The number of ether oxygens (including phenoxy) is 2. The smallest absolute Gasteiger partial charge is 0.107 e. The molecule has 92 valence electrons. The van der Waals surface area contributed by atoms with Crippen LogP contribution in [0.15, 0.2) is 5.38 Å². The van der Waals surface area contributed by atoms with Crippen LogP contribution in [0.25, 0.3) is 0 Å². The molecular weight excluding hydrogens is 224 g/mol. The summed E-state index contributed by atoms with van der Waals surface area (Å²) in [6, 6.07) is 0. The molecule has 0 aromatic carbocycles. The average Bonchev–Trinajstić information content (AvgIpc) is 2.70. The molecule has 0 atom stereocenters. The van der Waals surface area contributed by atoms with Gasteiger partial charge in [-0.2, -0.15) is 0 Å². The molecule has 1 heterocycles. The Morgan fingerprint density at radius 3 is 2.75 bits per heavy atom. The normalized spacial score (nSPS) is 11.2. The van der Waals surface area contributed by atoms with Gasteiger partial charge < -0.3 is 15.2 Å². The maximum atomic E-state index is 5.47. The Balaban J connectivity index is 2.02. The van der Waals surface area contributed by atoms with Gasteiger partial charge in [0.2, 0.25) is 0 Å². The predicted octanol–water partition coefficient (Wildman–Crippen LogP) is 1.79. The molecule has 1 aromatic heterocycles. The van der Waals surface area contributed by atoms with Crippen LogP contribution in [0.5, 0.6) is 0 Å². The van der Waals surface area contributed by atoms with Gasteiger partial charge in [0.1, 0.15) is 5.01 Å². The van der Waals surface area contributed by atoms with Crippen molar-refractivity contribution in [1.29, 1.82) is 0 Å². The monoisotopic (exact) mass is 244 g/mol. The zero-order valence-corrected chi connectivity index (χ0v) is 10.8. The quantitative estimate of drug-likeness (QED) is 0.708. The Labute approximate surface area is 101 Å². The summed E-state index contributed by atoms with van der Waals surface area (Å²) in [6.07, 6.45) is 0. The number of nitrogens with zero attached hydrogens (tertiary/aromatic N) is 1. The number of thiazole rings is 1. The van der Waals surface area contributed by atoms with E-state index in [1.54, 1.807) is 11.3 Å². The fourth-order valence-corrected chi connectivity index (χ4v) is 1.78. The van der Waals surface area contributed by atoms with Crippen LogP contribution in [-0.2, 0) is 22.6 Å². The molecule has 0 aliphatic heterocycles. The maximum Gasteiger partial charge on any atom is 0.107 e. The van der Waals surface area contributed by atoms with E-state index in [-0.39, 0.29) is 0 Å². The molecule has 0 aliphatic carbocycles. The van der Waals surface area contributed by atoms with Crippen molar-refractivity contribution in [2.24, 2.45) is 11.7 Å². The zero-order chi connectivity index (χ0) is 11.8. The third-order valence-corrected chi connectivity index (χ3v) is 2.77. The minimum atomic E-state index is 0.502. The molecule has 0 spiro atoms. The molecule has 0 amide bonds. The Bertz CT molecular complexity index is 289. The first-order valence-electron chi connectivity index (χ1n) is 5.51. The topological polar surface area (TPSA) is 57.4 Å². The third kappa shape index (κ3) is 5.55. The van der Waals surface area contributed by atoms with Crippen LogP contribution < -0.4 is 5.73 Å². The third-order valence-electron chi connectivity index (χ3n) is 1.85. The summed E-state index contributed by atoms with van der Waals surface area (Å²) < 4.78 is 10.8. The molecule has 0 saturated carbocycles. The first-order valence-corrected chi connectivity index (χ1v) is 6.39. The number of hydrogen-bond donors (Lipinski definition) is 1. The van der Waals surface area contributed by atoms with Crippen molar-refractivity contribution in [3.05, 3.63) is 16.1 Å². The highest BCUT2D eigenvalue weighted by Crippen LogP contribution is 2.09. The highest BCUT2D eigenvalue weighted by Gasteiger charge is 2.00. The van der Waals surface area contributed by atoms with E-state index in [0.717, 1.165) is 17.3 Å². The van der Waals surface area contributed by atoms with E-state index in [1.807, 2.05) is 5.38 Å². The van der Waals surface area contributed by atoms with Crippen LogP contribution in [0.1, 0.15) is 24.5 Å². The lowest BCUT2D eigenvalue weighted by molar-refractivity contribution is 0.0306. The highest BCUT2D eigenvalue weighted by atomic mass is 32.1. The molecule has 5 heteroatoms. The van der Waals surface area contributed by atoms with Gasteiger partial charge in [0.15, 0.2) is 0 Å². The van der Waals surface area contributed by atoms with E-state index >= 15 is 0 Å². The van der Waals surface area contributed by atoms with Gasteiger partial charge in [-0.3, -0.25) is 0 Å². The van der Waals surface area contributed by atoms with Gasteiger partial charge >= 0.3 is 0 Å². The van der Waals surface area contributed by atoms with Crippen molar-refractivity contribution in [3.8, 4) is 0 Å². The van der Waals surface area contributed by atoms with E-state index in [2.05, 4.69) is 18.8 Å². The van der Waals surface area contributed by atoms with Gasteiger partial charge in [0, 0.05) is 18.5 Å². The van der Waals surface area contributed by atoms with Crippen LogP contribution in [0.4, 0.5) is 0 Å².